The van der Waals surface area contributed by atoms with E-state index < -0.39 is 11.9 Å². The topological polar surface area (TPSA) is 59.8 Å². The fraction of sp³-hybridized carbons (Fsp3) is 0.444. The smallest absolute Gasteiger partial charge is 0.227 e. The zero-order valence-electron chi connectivity index (χ0n) is 20.7. The van der Waals surface area contributed by atoms with E-state index in [0.29, 0.717) is 24.9 Å². The molecule has 1 atom stereocenters. The molecule has 1 heterocycles. The van der Waals surface area contributed by atoms with Gasteiger partial charge in [-0.05, 0) is 51.0 Å². The molecule has 0 saturated carbocycles. The minimum Gasteiger partial charge on any atom is -0.435 e. The molecule has 0 spiro atoms. The van der Waals surface area contributed by atoms with E-state index in [1.807, 2.05) is 51.1 Å². The van der Waals surface area contributed by atoms with Gasteiger partial charge in [0, 0.05) is 19.6 Å². The number of aryl methyl sites for hydroxylation is 1. The van der Waals surface area contributed by atoms with Crippen LogP contribution in [0.5, 0.6) is 11.6 Å². The third-order valence-electron chi connectivity index (χ3n) is 5.28. The Hall–Kier alpha value is -2.74. The average molecular weight is 470 g/mol. The number of hydrogen-bond acceptors (Lipinski definition) is 5. The summed E-state index contributed by atoms with van der Waals surface area (Å²) < 4.78 is 28.0. The molecule has 0 aliphatic rings. The highest BCUT2D eigenvalue weighted by Crippen LogP contribution is 2.33. The van der Waals surface area contributed by atoms with Crippen molar-refractivity contribution in [1.29, 1.82) is 0 Å². The van der Waals surface area contributed by atoms with Crippen LogP contribution >= 0.6 is 0 Å². The summed E-state index contributed by atoms with van der Waals surface area (Å²) in [5, 5.41) is 15.3. The van der Waals surface area contributed by atoms with Gasteiger partial charge in [0.05, 0.1) is 35.8 Å². The number of para-hydroxylation sites is 2. The van der Waals surface area contributed by atoms with Crippen LogP contribution in [0.25, 0.3) is 5.69 Å². The SMILES string of the molecule is Cc1nn(-c2ccccc2)c(Oc2ccccc2F)c1CN(CC(C)C)C[C@H](O)COC(C)C. The Bertz CT molecular complexity index is 1040. The number of aliphatic hydroxyl groups is 1. The van der Waals surface area contributed by atoms with E-state index in [0.717, 1.165) is 23.5 Å². The molecular formula is C27H36FN3O3. The highest BCUT2D eigenvalue weighted by Gasteiger charge is 2.24. The van der Waals surface area contributed by atoms with Crippen LogP contribution in [-0.2, 0) is 11.3 Å². The second-order valence-corrected chi connectivity index (χ2v) is 9.27. The Kier molecular flexibility index (Phi) is 9.21. The van der Waals surface area contributed by atoms with Gasteiger partial charge in [-0.25, -0.2) is 9.07 Å². The first-order valence-electron chi connectivity index (χ1n) is 11.8. The summed E-state index contributed by atoms with van der Waals surface area (Å²) in [6.07, 6.45) is -0.568. The van der Waals surface area contributed by atoms with Gasteiger partial charge in [-0.2, -0.15) is 5.10 Å². The Morgan fingerprint density at radius 1 is 1.00 bits per heavy atom. The highest BCUT2D eigenvalue weighted by atomic mass is 19.1. The van der Waals surface area contributed by atoms with Crippen LogP contribution in [0.4, 0.5) is 4.39 Å². The lowest BCUT2D eigenvalue weighted by Gasteiger charge is -2.27. The molecule has 0 aliphatic heterocycles. The number of nitrogens with zero attached hydrogens (tertiary/aromatic N) is 3. The third kappa shape index (κ3) is 7.13. The molecule has 7 heteroatoms. The van der Waals surface area contributed by atoms with Gasteiger partial charge >= 0.3 is 0 Å². The summed E-state index contributed by atoms with van der Waals surface area (Å²) in [6, 6.07) is 16.0. The molecule has 0 aliphatic carbocycles. The van der Waals surface area contributed by atoms with Crippen LogP contribution in [-0.4, -0.2) is 51.7 Å². The molecule has 0 saturated heterocycles. The quantitative estimate of drug-likeness (QED) is 0.387. The summed E-state index contributed by atoms with van der Waals surface area (Å²) in [7, 11) is 0. The number of hydrogen-bond donors (Lipinski definition) is 1. The molecule has 184 valence electrons. The van der Waals surface area contributed by atoms with Gasteiger partial charge in [0.15, 0.2) is 11.6 Å². The number of ether oxygens (including phenoxy) is 2. The van der Waals surface area contributed by atoms with Crippen molar-refractivity contribution in [3.63, 3.8) is 0 Å². The fourth-order valence-corrected chi connectivity index (χ4v) is 3.80. The standard InChI is InChI=1S/C27H36FN3O3/c1-19(2)15-30(16-23(32)18-33-20(3)4)17-24-21(5)29-31(22-11-7-6-8-12-22)27(24)34-26-14-10-9-13-25(26)28/h6-14,19-20,23,32H,15-18H2,1-5H3/t23-/m0/s1. The van der Waals surface area contributed by atoms with Gasteiger partial charge in [0.25, 0.3) is 0 Å². The van der Waals surface area contributed by atoms with Gasteiger partial charge in [-0.15, -0.1) is 0 Å². The fourth-order valence-electron chi connectivity index (χ4n) is 3.80. The van der Waals surface area contributed by atoms with Crippen molar-refractivity contribution < 1.29 is 19.0 Å². The summed E-state index contributed by atoms with van der Waals surface area (Å²) >= 11 is 0. The minimum atomic E-state index is -0.624. The average Bonchev–Trinajstić information content (AvgIpc) is 3.09. The molecule has 0 amide bonds. The van der Waals surface area contributed by atoms with Gasteiger partial charge in [-0.1, -0.05) is 44.2 Å². The first-order chi connectivity index (χ1) is 16.2. The lowest BCUT2D eigenvalue weighted by Crippen LogP contribution is -2.37. The molecule has 0 unspecified atom stereocenters. The maximum absolute atomic E-state index is 14.5. The molecule has 0 bridgehead atoms. The monoisotopic (exact) mass is 469 g/mol. The van der Waals surface area contributed by atoms with Crippen LogP contribution < -0.4 is 4.74 Å². The summed E-state index contributed by atoms with van der Waals surface area (Å²) in [5.41, 5.74) is 2.46. The van der Waals surface area contributed by atoms with Crippen LogP contribution in [0.15, 0.2) is 54.6 Å². The molecule has 6 nitrogen and oxygen atoms in total. The third-order valence-corrected chi connectivity index (χ3v) is 5.28. The first kappa shape index (κ1) is 25.9. The molecule has 1 aromatic heterocycles. The second kappa shape index (κ2) is 12.1. The molecule has 0 fully saturated rings. The van der Waals surface area contributed by atoms with Crippen molar-refractivity contribution in [1.82, 2.24) is 14.7 Å². The molecule has 0 radical (unpaired) electrons. The normalized spacial score (nSPS) is 12.6. The Morgan fingerprint density at radius 3 is 2.32 bits per heavy atom. The number of halogens is 1. The number of aromatic nitrogens is 2. The Balaban J connectivity index is 1.96. The molecule has 3 rings (SSSR count). The summed E-state index contributed by atoms with van der Waals surface area (Å²) in [5.74, 6) is 0.558. The van der Waals surface area contributed by atoms with Gasteiger partial charge in [0.1, 0.15) is 0 Å². The molecular weight excluding hydrogens is 433 g/mol. The van der Waals surface area contributed by atoms with Gasteiger partial charge in [-0.3, -0.25) is 4.90 Å². The predicted molar refractivity (Wildman–Crippen MR) is 132 cm³/mol. The highest BCUT2D eigenvalue weighted by molar-refractivity contribution is 5.43. The van der Waals surface area contributed by atoms with E-state index in [9.17, 15) is 9.50 Å². The zero-order valence-corrected chi connectivity index (χ0v) is 20.7. The Labute approximate surface area is 201 Å². The van der Waals surface area contributed by atoms with E-state index >= 15 is 0 Å². The van der Waals surface area contributed by atoms with Crippen molar-refractivity contribution in [2.24, 2.45) is 5.92 Å². The number of benzene rings is 2. The lowest BCUT2D eigenvalue weighted by molar-refractivity contribution is -0.0109. The lowest BCUT2D eigenvalue weighted by atomic mass is 10.1. The maximum Gasteiger partial charge on any atom is 0.227 e. The van der Waals surface area contributed by atoms with E-state index in [1.54, 1.807) is 22.9 Å². The summed E-state index contributed by atoms with van der Waals surface area (Å²) in [6.45, 7) is 12.1. The van der Waals surface area contributed by atoms with Crippen LogP contribution in [0.3, 0.4) is 0 Å². The van der Waals surface area contributed by atoms with E-state index in [1.165, 1.54) is 6.07 Å². The van der Waals surface area contributed by atoms with Gasteiger partial charge in [0.2, 0.25) is 5.88 Å². The molecule has 1 N–H and O–H groups in total. The molecule has 3 aromatic rings. The largest absolute Gasteiger partial charge is 0.435 e. The van der Waals surface area contributed by atoms with Crippen molar-refractivity contribution in [3.8, 4) is 17.3 Å². The van der Waals surface area contributed by atoms with Crippen molar-refractivity contribution in [3.05, 3.63) is 71.7 Å². The van der Waals surface area contributed by atoms with E-state index in [4.69, 9.17) is 14.6 Å². The minimum absolute atomic E-state index is 0.0559. The van der Waals surface area contributed by atoms with Crippen LogP contribution in [0.2, 0.25) is 0 Å². The van der Waals surface area contributed by atoms with Gasteiger partial charge < -0.3 is 14.6 Å². The second-order valence-electron chi connectivity index (χ2n) is 9.27. The van der Waals surface area contributed by atoms with Crippen LogP contribution in [0, 0.1) is 18.7 Å². The van der Waals surface area contributed by atoms with Crippen LogP contribution in [0.1, 0.15) is 39.0 Å². The number of rotatable bonds is 12. The van der Waals surface area contributed by atoms with E-state index in [2.05, 4.69) is 18.7 Å². The Morgan fingerprint density at radius 2 is 1.68 bits per heavy atom. The summed E-state index contributed by atoms with van der Waals surface area (Å²) in [4.78, 5) is 2.17. The van der Waals surface area contributed by atoms with Crippen molar-refractivity contribution in [2.45, 2.75) is 53.4 Å². The van der Waals surface area contributed by atoms with Crippen molar-refractivity contribution in [2.75, 3.05) is 19.7 Å². The molecule has 34 heavy (non-hydrogen) atoms. The number of aliphatic hydroxyl groups excluding tert-OH is 1. The maximum atomic E-state index is 14.5. The first-order valence-corrected chi connectivity index (χ1v) is 11.8. The molecule has 2 aromatic carbocycles. The van der Waals surface area contributed by atoms with E-state index in [-0.39, 0.29) is 18.5 Å². The zero-order chi connectivity index (χ0) is 24.7. The van der Waals surface area contributed by atoms with Crippen molar-refractivity contribution >= 4 is 0 Å². The predicted octanol–water partition coefficient (Wildman–Crippen LogP) is 5.36.